The van der Waals surface area contributed by atoms with Gasteiger partial charge in [-0.1, -0.05) is 0 Å². The molecule has 4 heteroatoms. The van der Waals surface area contributed by atoms with Crippen molar-refractivity contribution in [3.05, 3.63) is 0 Å². The number of hydrogen-bond donors (Lipinski definition) is 0. The minimum atomic E-state index is 0. The normalized spacial score (nSPS) is 0. The van der Waals surface area contributed by atoms with E-state index in [1.807, 2.05) is 0 Å². The van der Waals surface area contributed by atoms with Crippen LogP contribution in [0.25, 0.3) is 0 Å². The summed E-state index contributed by atoms with van der Waals surface area (Å²) in [5.74, 6) is 0. The summed E-state index contributed by atoms with van der Waals surface area (Å²) in [6, 6.07) is 0. The zero-order valence-corrected chi connectivity index (χ0v) is 11.7. The van der Waals surface area contributed by atoms with Crippen LogP contribution in [0.5, 0.6) is 0 Å². The third-order valence-electron chi connectivity index (χ3n) is 0. The van der Waals surface area contributed by atoms with Crippen molar-refractivity contribution in [1.29, 1.82) is 0 Å². The molecule has 0 rings (SSSR count). The van der Waals surface area contributed by atoms with Crippen molar-refractivity contribution in [1.82, 2.24) is 0 Å². The average molecular weight is 306 g/mol. The largest absolute Gasteiger partial charge is 1.00 e. The number of hydrogen-bond acceptors (Lipinski definition) is 0. The van der Waals surface area contributed by atoms with Crippen LogP contribution in [0.4, 0.5) is 0 Å². The minimum absolute atomic E-state index is 0. The minimum Gasteiger partial charge on any atom is -1.00 e. The van der Waals surface area contributed by atoms with Crippen LogP contribution in [0.3, 0.4) is 0 Å². The smallest absolute Gasteiger partial charge is 1.00 e. The molecule has 19 valence electrons. The fraction of sp³-hybridized carbons (Fsp3) is 0. The molecule has 0 saturated carbocycles. The van der Waals surface area contributed by atoms with E-state index >= 15 is 0 Å². The maximum absolute atomic E-state index is 0. The molecule has 4 heavy (non-hydrogen) atoms. The fourth-order valence-electron chi connectivity index (χ4n) is 0. The zero-order chi connectivity index (χ0) is 0. The molecule has 0 saturated heterocycles. The van der Waals surface area contributed by atoms with E-state index in [4.69, 9.17) is 0 Å². The first kappa shape index (κ1) is 25.2. The second-order valence-corrected chi connectivity index (χ2v) is 0. The van der Waals surface area contributed by atoms with E-state index in [1.54, 1.807) is 0 Å². The van der Waals surface area contributed by atoms with Gasteiger partial charge in [0, 0.05) is 25.8 Å². The summed E-state index contributed by atoms with van der Waals surface area (Å²) in [7, 11) is 0. The fourth-order valence-corrected chi connectivity index (χ4v) is 0. The molecule has 3 radical (unpaired) electrons. The van der Waals surface area contributed by atoms with Crippen LogP contribution in [0.15, 0.2) is 0 Å². The van der Waals surface area contributed by atoms with Gasteiger partial charge in [-0.25, -0.2) is 0 Å². The van der Waals surface area contributed by atoms with Crippen molar-refractivity contribution in [3.63, 3.8) is 0 Å². The van der Waals surface area contributed by atoms with Crippen LogP contribution in [0.1, 0.15) is 1.43 Å². The van der Waals surface area contributed by atoms with E-state index in [0.29, 0.717) is 0 Å². The van der Waals surface area contributed by atoms with Gasteiger partial charge in [-0.05, 0) is 0 Å². The molecule has 1 atom stereocenters. The molecule has 0 spiro atoms. The molecule has 0 aromatic carbocycles. The first-order chi connectivity index (χ1) is 0. The van der Waals surface area contributed by atoms with Crippen LogP contribution >= 0.6 is 0 Å². The van der Waals surface area contributed by atoms with Crippen LogP contribution < -0.4 is 51.4 Å². The zero-order valence-electron chi connectivity index (χ0n) is 3.28. The Bertz CT molecular complexity index is 11.6. The quantitative estimate of drug-likeness (QED) is 0.392. The van der Waals surface area contributed by atoms with Gasteiger partial charge in [0.1, 0.15) is 0 Å². The van der Waals surface area contributed by atoms with E-state index < -0.39 is 0 Å². The second kappa shape index (κ2) is 15.9. The molecular weight excluding hydrogens is 299 g/mol. The van der Waals surface area contributed by atoms with Crippen molar-refractivity contribution in [2.24, 2.45) is 0 Å². The maximum atomic E-state index is 0. The van der Waals surface area contributed by atoms with Gasteiger partial charge in [0.2, 0.25) is 0 Å². The molecule has 0 nitrogen and oxygen atoms in total. The molecule has 0 aromatic rings. The van der Waals surface area contributed by atoms with Gasteiger partial charge in [0.15, 0.2) is 0 Å². The van der Waals surface area contributed by atoms with Crippen LogP contribution in [0, 0.1) is 0 Å². The molecule has 0 heterocycles. The Balaban J connectivity index is 0. The Labute approximate surface area is 113 Å². The molecule has 0 aliphatic rings. The van der Waals surface area contributed by atoms with E-state index in [2.05, 4.69) is 0 Å². The molecule has 0 amide bonds. The Morgan fingerprint density at radius 2 is 1.25 bits per heavy atom. The van der Waals surface area contributed by atoms with Gasteiger partial charge in [0.05, 0.1) is 0 Å². The Hall–Kier alpha value is 3.70. The molecule has 0 N–H and O–H groups in total. The summed E-state index contributed by atoms with van der Waals surface area (Å²) in [6.07, 6.45) is 0. The van der Waals surface area contributed by atoms with E-state index in [9.17, 15) is 0 Å². The van der Waals surface area contributed by atoms with Gasteiger partial charge in [-0.2, -0.15) is 0 Å². The standard InChI is InChI=1S/AsH3.Ga.In.K.4H/h1H3;;;;;;;/q;;;+1;;;;-1. The molecule has 0 aromatic heterocycles. The Kier molecular flexibility index (Phi) is 100. The van der Waals surface area contributed by atoms with Crippen LogP contribution in [0.2, 0.25) is 0 Å². The third kappa shape index (κ3) is 9.20. The predicted octanol–water partition coefficient (Wildman–Crippen LogP) is -5.63. The molecule has 0 bridgehead atoms. The van der Waals surface area contributed by atoms with E-state index in [1.165, 1.54) is 0 Å². The summed E-state index contributed by atoms with van der Waals surface area (Å²) in [6.45, 7) is 0. The molecule has 0 aliphatic carbocycles. The third-order valence-corrected chi connectivity index (χ3v) is 0. The van der Waals surface area contributed by atoms with Crippen molar-refractivity contribution in [2.45, 2.75) is 0 Å². The van der Waals surface area contributed by atoms with Crippen molar-refractivity contribution in [2.75, 3.05) is 0 Å². The summed E-state index contributed by atoms with van der Waals surface area (Å²) >= 11 is 0. The summed E-state index contributed by atoms with van der Waals surface area (Å²) < 4.78 is 0. The predicted molar refractivity (Wildman–Crippen MR) is 26.7 cm³/mol. The summed E-state index contributed by atoms with van der Waals surface area (Å²) in [5, 5.41) is 0. The second-order valence-electron chi connectivity index (χ2n) is 0. The van der Waals surface area contributed by atoms with Crippen LogP contribution in [-0.2, 0) is 0 Å². The summed E-state index contributed by atoms with van der Waals surface area (Å²) in [4.78, 5) is 0. The Morgan fingerprint density at radius 3 is 1.25 bits per heavy atom. The molecule has 1 unspecified atom stereocenters. The molecule has 0 fully saturated rings. The van der Waals surface area contributed by atoms with Gasteiger partial charge < -0.3 is 1.43 Å². The van der Waals surface area contributed by atoms with E-state index in [-0.39, 0.29) is 116 Å². The van der Waals surface area contributed by atoms with Gasteiger partial charge in [0.25, 0.3) is 0 Å². The van der Waals surface area contributed by atoms with Crippen molar-refractivity contribution < 1.29 is 52.8 Å². The average Bonchev–Trinajstić information content (AvgIpc) is 0. The Morgan fingerprint density at radius 1 is 1.25 bits per heavy atom. The van der Waals surface area contributed by atoms with E-state index in [0.717, 1.165) is 0 Å². The first-order valence-electron chi connectivity index (χ1n) is 0. The van der Waals surface area contributed by atoms with Gasteiger partial charge >= 0.3 is 89.1 Å². The SMILES string of the molecule is [AsH3].[GaH3].[H-].[In].[K+]. The van der Waals surface area contributed by atoms with Crippen molar-refractivity contribution >= 4 is 63.6 Å². The van der Waals surface area contributed by atoms with Crippen molar-refractivity contribution in [3.8, 4) is 0 Å². The maximum Gasteiger partial charge on any atom is 1.00 e. The van der Waals surface area contributed by atoms with Gasteiger partial charge in [-0.3, -0.25) is 0 Å². The summed E-state index contributed by atoms with van der Waals surface area (Å²) in [5.41, 5.74) is 0. The molecular formula is H7AsGaInK. The monoisotopic (exact) mass is 305 g/mol. The first-order valence-corrected chi connectivity index (χ1v) is 0. The van der Waals surface area contributed by atoms with Gasteiger partial charge in [-0.15, -0.1) is 0 Å². The topological polar surface area (TPSA) is 0 Å². The van der Waals surface area contributed by atoms with Crippen LogP contribution in [-0.4, -0.2) is 63.6 Å². The molecule has 0 aliphatic heterocycles. The number of rotatable bonds is 0.